The molecule has 1 aliphatic heterocycles. The maximum absolute atomic E-state index is 11.0. The fourth-order valence-corrected chi connectivity index (χ4v) is 1.02. The minimum atomic E-state index is -0.0495. The van der Waals surface area contributed by atoms with Crippen LogP contribution in [0, 0.1) is 0 Å². The number of hydrogen-bond acceptors (Lipinski definition) is 2. The zero-order chi connectivity index (χ0) is 7.56. The summed E-state index contributed by atoms with van der Waals surface area (Å²) in [5.74, 6) is 0.286. The Labute approximate surface area is 61.6 Å². The molecule has 1 rings (SSSR count). The molecule has 1 aliphatic rings. The van der Waals surface area contributed by atoms with Crippen molar-refractivity contribution in [2.75, 3.05) is 0 Å². The highest BCUT2D eigenvalue weighted by atomic mass is 16.6. The molecule has 1 saturated heterocycles. The third-order valence-electron chi connectivity index (χ3n) is 1.81. The van der Waals surface area contributed by atoms with E-state index in [2.05, 4.69) is 6.92 Å². The van der Waals surface area contributed by atoms with Gasteiger partial charge in [0.25, 0.3) is 0 Å². The lowest BCUT2D eigenvalue weighted by atomic mass is 10.1. The second-order valence-electron chi connectivity index (χ2n) is 2.83. The molecule has 1 heterocycles. The van der Waals surface area contributed by atoms with Crippen molar-refractivity contribution in [1.29, 1.82) is 0 Å². The Kier molecular flexibility index (Phi) is 2.44. The number of rotatable bonds is 4. The van der Waals surface area contributed by atoms with Crippen molar-refractivity contribution in [3.8, 4) is 0 Å². The molecule has 2 heteroatoms. The highest BCUT2D eigenvalue weighted by Gasteiger charge is 2.39. The topological polar surface area (TPSA) is 29.6 Å². The van der Waals surface area contributed by atoms with Crippen LogP contribution in [0.3, 0.4) is 0 Å². The van der Waals surface area contributed by atoms with Crippen LogP contribution in [0.1, 0.15) is 33.1 Å². The van der Waals surface area contributed by atoms with E-state index in [1.54, 1.807) is 0 Å². The van der Waals surface area contributed by atoms with E-state index in [1.165, 1.54) is 0 Å². The molecule has 0 radical (unpaired) electrons. The Morgan fingerprint density at radius 3 is 2.60 bits per heavy atom. The molecule has 2 nitrogen and oxygen atoms in total. The number of Topliss-reactive ketones (excluding diaryl/α,β-unsaturated/α-hetero) is 1. The second kappa shape index (κ2) is 3.15. The van der Waals surface area contributed by atoms with Crippen molar-refractivity contribution in [1.82, 2.24) is 0 Å². The van der Waals surface area contributed by atoms with Crippen LogP contribution < -0.4 is 0 Å². The van der Waals surface area contributed by atoms with Crippen molar-refractivity contribution in [2.45, 2.75) is 45.3 Å². The van der Waals surface area contributed by atoms with Crippen molar-refractivity contribution in [2.24, 2.45) is 0 Å². The van der Waals surface area contributed by atoms with Crippen LogP contribution >= 0.6 is 0 Å². The van der Waals surface area contributed by atoms with E-state index in [0.29, 0.717) is 6.42 Å². The summed E-state index contributed by atoms with van der Waals surface area (Å²) in [7, 11) is 0. The number of unbranched alkanes of at least 4 members (excludes halogenated alkanes) is 1. The minimum absolute atomic E-state index is 0.0495. The molecular weight excluding hydrogens is 128 g/mol. The largest absolute Gasteiger partial charge is 0.362 e. The Hall–Kier alpha value is -0.370. The van der Waals surface area contributed by atoms with Crippen molar-refractivity contribution >= 4 is 5.78 Å². The first-order chi connectivity index (χ1) is 4.75. The van der Waals surface area contributed by atoms with Crippen molar-refractivity contribution in [3.05, 3.63) is 0 Å². The van der Waals surface area contributed by atoms with Gasteiger partial charge in [0, 0.05) is 6.42 Å². The van der Waals surface area contributed by atoms with E-state index in [4.69, 9.17) is 4.74 Å². The highest BCUT2D eigenvalue weighted by Crippen LogP contribution is 2.23. The SMILES string of the molecule is CCCCC(=O)[C@@H]1O[C@@H]1C. The number of epoxide rings is 1. The van der Waals surface area contributed by atoms with Gasteiger partial charge in [0.2, 0.25) is 0 Å². The van der Waals surface area contributed by atoms with Gasteiger partial charge in [-0.25, -0.2) is 0 Å². The van der Waals surface area contributed by atoms with Gasteiger partial charge in [-0.05, 0) is 13.3 Å². The average molecular weight is 142 g/mol. The summed E-state index contributed by atoms with van der Waals surface area (Å²) in [6.07, 6.45) is 2.94. The molecule has 0 aromatic rings. The van der Waals surface area contributed by atoms with Crippen LogP contribution in [0.25, 0.3) is 0 Å². The molecule has 58 valence electrons. The molecule has 0 bridgehead atoms. The highest BCUT2D eigenvalue weighted by molar-refractivity contribution is 5.85. The number of hydrogen-bond donors (Lipinski definition) is 0. The summed E-state index contributed by atoms with van der Waals surface area (Å²) in [5.41, 5.74) is 0. The third-order valence-corrected chi connectivity index (χ3v) is 1.81. The van der Waals surface area contributed by atoms with Gasteiger partial charge in [-0.15, -0.1) is 0 Å². The number of carbonyl (C=O) groups excluding carboxylic acids is 1. The van der Waals surface area contributed by atoms with Gasteiger partial charge in [-0.3, -0.25) is 4.79 Å². The number of ether oxygens (including phenoxy) is 1. The first kappa shape index (κ1) is 7.73. The normalized spacial score (nSPS) is 30.2. The summed E-state index contributed by atoms with van der Waals surface area (Å²) in [4.78, 5) is 11.0. The molecule has 0 unspecified atom stereocenters. The molecule has 0 aliphatic carbocycles. The van der Waals surface area contributed by atoms with Crippen LogP contribution in [-0.2, 0) is 9.53 Å². The maximum Gasteiger partial charge on any atom is 0.164 e. The van der Waals surface area contributed by atoms with Crippen LogP contribution in [0.5, 0.6) is 0 Å². The van der Waals surface area contributed by atoms with Crippen LogP contribution in [-0.4, -0.2) is 18.0 Å². The molecule has 2 atom stereocenters. The molecule has 0 aromatic heterocycles. The molecule has 0 amide bonds. The molecule has 1 fully saturated rings. The van der Waals surface area contributed by atoms with Crippen LogP contribution in [0.2, 0.25) is 0 Å². The van der Waals surface area contributed by atoms with Gasteiger partial charge >= 0.3 is 0 Å². The Bertz CT molecular complexity index is 131. The molecule has 0 N–H and O–H groups in total. The van der Waals surface area contributed by atoms with E-state index >= 15 is 0 Å². The lowest BCUT2D eigenvalue weighted by Gasteiger charge is -1.91. The van der Waals surface area contributed by atoms with Crippen LogP contribution in [0.15, 0.2) is 0 Å². The third kappa shape index (κ3) is 1.81. The van der Waals surface area contributed by atoms with E-state index in [0.717, 1.165) is 12.8 Å². The summed E-state index contributed by atoms with van der Waals surface area (Å²) in [6.45, 7) is 4.03. The number of ketones is 1. The zero-order valence-corrected chi connectivity index (χ0v) is 6.59. The van der Waals surface area contributed by atoms with E-state index in [9.17, 15) is 4.79 Å². The Balaban J connectivity index is 2.11. The van der Waals surface area contributed by atoms with E-state index < -0.39 is 0 Å². The lowest BCUT2D eigenvalue weighted by Crippen LogP contribution is -2.07. The lowest BCUT2D eigenvalue weighted by molar-refractivity contribution is -0.120. The predicted molar refractivity (Wildman–Crippen MR) is 38.9 cm³/mol. The molecule has 10 heavy (non-hydrogen) atoms. The van der Waals surface area contributed by atoms with Crippen molar-refractivity contribution in [3.63, 3.8) is 0 Å². The van der Waals surface area contributed by atoms with Gasteiger partial charge in [0.05, 0.1) is 6.10 Å². The van der Waals surface area contributed by atoms with Crippen molar-refractivity contribution < 1.29 is 9.53 Å². The Morgan fingerprint density at radius 1 is 1.60 bits per heavy atom. The smallest absolute Gasteiger partial charge is 0.164 e. The Morgan fingerprint density at radius 2 is 2.20 bits per heavy atom. The van der Waals surface area contributed by atoms with Gasteiger partial charge in [-0.2, -0.15) is 0 Å². The standard InChI is InChI=1S/C8H14O2/c1-3-4-5-7(9)8-6(2)10-8/h6,8H,3-5H2,1-2H3/t6-,8-/m1/s1. The summed E-state index contributed by atoms with van der Waals surface area (Å²) >= 11 is 0. The van der Waals surface area contributed by atoms with E-state index in [1.807, 2.05) is 6.92 Å². The first-order valence-electron chi connectivity index (χ1n) is 3.94. The summed E-state index contributed by atoms with van der Waals surface area (Å²) in [6, 6.07) is 0. The molecule has 0 spiro atoms. The molecule has 0 aromatic carbocycles. The van der Waals surface area contributed by atoms with Gasteiger partial charge in [-0.1, -0.05) is 13.3 Å². The van der Waals surface area contributed by atoms with Gasteiger partial charge in [0.1, 0.15) is 6.10 Å². The predicted octanol–water partition coefficient (Wildman–Crippen LogP) is 1.53. The maximum atomic E-state index is 11.0. The monoisotopic (exact) mass is 142 g/mol. The summed E-state index contributed by atoms with van der Waals surface area (Å²) < 4.78 is 5.03. The summed E-state index contributed by atoms with van der Waals surface area (Å²) in [5, 5.41) is 0. The fraction of sp³-hybridized carbons (Fsp3) is 0.875. The molecular formula is C8H14O2. The van der Waals surface area contributed by atoms with Crippen LogP contribution in [0.4, 0.5) is 0 Å². The quantitative estimate of drug-likeness (QED) is 0.557. The molecule has 0 saturated carbocycles. The average Bonchev–Trinajstić information content (AvgIpc) is 2.62. The zero-order valence-electron chi connectivity index (χ0n) is 6.59. The van der Waals surface area contributed by atoms with Gasteiger partial charge in [0.15, 0.2) is 5.78 Å². The second-order valence-corrected chi connectivity index (χ2v) is 2.83. The van der Waals surface area contributed by atoms with E-state index in [-0.39, 0.29) is 18.0 Å². The minimum Gasteiger partial charge on any atom is -0.362 e. The fourth-order valence-electron chi connectivity index (χ4n) is 1.02. The number of carbonyl (C=O) groups is 1. The van der Waals surface area contributed by atoms with Gasteiger partial charge < -0.3 is 4.74 Å². The first-order valence-corrected chi connectivity index (χ1v) is 3.94.